The van der Waals surface area contributed by atoms with Gasteiger partial charge in [0.25, 0.3) is 0 Å². The Bertz CT molecular complexity index is 475. The zero-order valence-electron chi connectivity index (χ0n) is 12.4. The molecular weight excluding hydrogens is 254 g/mol. The molecule has 0 aliphatic carbocycles. The Labute approximate surface area is 120 Å². The lowest BCUT2D eigenvalue weighted by molar-refractivity contribution is -0.121. The number of carboxylic acids is 1. The molecule has 4 heteroatoms. The summed E-state index contributed by atoms with van der Waals surface area (Å²) in [7, 11) is 0. The first-order chi connectivity index (χ1) is 9.29. The summed E-state index contributed by atoms with van der Waals surface area (Å²) in [6, 6.07) is 6.80. The van der Waals surface area contributed by atoms with E-state index in [2.05, 4.69) is 26.1 Å². The van der Waals surface area contributed by atoms with Crippen molar-refractivity contribution in [3.63, 3.8) is 0 Å². The zero-order chi connectivity index (χ0) is 15.2. The summed E-state index contributed by atoms with van der Waals surface area (Å²) in [4.78, 5) is 22.8. The van der Waals surface area contributed by atoms with Crippen molar-refractivity contribution in [1.82, 2.24) is 5.32 Å². The maximum Gasteiger partial charge on any atom is 0.335 e. The number of carboxylic acid groups (broad SMARTS) is 1. The minimum Gasteiger partial charge on any atom is -0.478 e. The van der Waals surface area contributed by atoms with Crippen LogP contribution in [-0.2, 0) is 11.2 Å². The van der Waals surface area contributed by atoms with Gasteiger partial charge in [0, 0.05) is 13.0 Å². The number of hydrogen-bond donors (Lipinski definition) is 2. The second kappa shape index (κ2) is 7.08. The number of amides is 1. The smallest absolute Gasteiger partial charge is 0.335 e. The molecule has 1 amide bonds. The quantitative estimate of drug-likeness (QED) is 0.840. The van der Waals surface area contributed by atoms with Crippen molar-refractivity contribution in [1.29, 1.82) is 0 Å². The summed E-state index contributed by atoms with van der Waals surface area (Å²) in [6.07, 6.45) is 1.68. The number of nitrogens with one attached hydrogen (secondary N) is 1. The molecule has 0 aliphatic rings. The summed E-state index contributed by atoms with van der Waals surface area (Å²) in [6.45, 7) is 7.04. The van der Waals surface area contributed by atoms with E-state index in [0.29, 0.717) is 24.9 Å². The molecule has 4 nitrogen and oxygen atoms in total. The molecule has 20 heavy (non-hydrogen) atoms. The Kier molecular flexibility index (Phi) is 5.74. The van der Waals surface area contributed by atoms with E-state index >= 15 is 0 Å². The minimum atomic E-state index is -0.950. The SMILES string of the molecule is CC(C)(C)CCNC(=O)CCc1ccccc1C(=O)O. The molecule has 1 aromatic rings. The number of hydrogen-bond acceptors (Lipinski definition) is 2. The first kappa shape index (κ1) is 16.2. The number of aryl methyl sites for hydroxylation is 1. The maximum atomic E-state index is 11.7. The second-order valence-corrected chi connectivity index (χ2v) is 6.12. The van der Waals surface area contributed by atoms with Crippen LogP contribution in [0.5, 0.6) is 0 Å². The molecule has 0 spiro atoms. The molecule has 0 saturated carbocycles. The average molecular weight is 277 g/mol. The molecule has 1 aromatic carbocycles. The molecule has 0 aromatic heterocycles. The van der Waals surface area contributed by atoms with Gasteiger partial charge >= 0.3 is 5.97 Å². The summed E-state index contributed by atoms with van der Waals surface area (Å²) >= 11 is 0. The predicted molar refractivity (Wildman–Crippen MR) is 78.8 cm³/mol. The third-order valence-corrected chi connectivity index (χ3v) is 3.07. The van der Waals surface area contributed by atoms with Crippen LogP contribution < -0.4 is 5.32 Å². The van der Waals surface area contributed by atoms with Crippen molar-refractivity contribution in [3.05, 3.63) is 35.4 Å². The Morgan fingerprint density at radius 1 is 1.20 bits per heavy atom. The minimum absolute atomic E-state index is 0.0329. The number of carbonyl (C=O) groups excluding carboxylic acids is 1. The van der Waals surface area contributed by atoms with Gasteiger partial charge in [0.2, 0.25) is 5.91 Å². The second-order valence-electron chi connectivity index (χ2n) is 6.12. The number of aromatic carboxylic acids is 1. The van der Waals surface area contributed by atoms with E-state index in [1.807, 2.05) is 0 Å². The third-order valence-electron chi connectivity index (χ3n) is 3.07. The van der Waals surface area contributed by atoms with Crippen LogP contribution in [-0.4, -0.2) is 23.5 Å². The van der Waals surface area contributed by atoms with Gasteiger partial charge in [-0.2, -0.15) is 0 Å². The largest absolute Gasteiger partial charge is 0.478 e. The van der Waals surface area contributed by atoms with E-state index in [9.17, 15) is 9.59 Å². The van der Waals surface area contributed by atoms with Crippen molar-refractivity contribution in [2.45, 2.75) is 40.0 Å². The highest BCUT2D eigenvalue weighted by Crippen LogP contribution is 2.17. The molecule has 0 radical (unpaired) electrons. The first-order valence-electron chi connectivity index (χ1n) is 6.87. The highest BCUT2D eigenvalue weighted by Gasteiger charge is 2.12. The number of rotatable bonds is 6. The van der Waals surface area contributed by atoms with Gasteiger partial charge in [0.1, 0.15) is 0 Å². The van der Waals surface area contributed by atoms with E-state index in [4.69, 9.17) is 5.11 Å². The summed E-state index contributed by atoms with van der Waals surface area (Å²) in [5, 5.41) is 11.9. The van der Waals surface area contributed by atoms with Gasteiger partial charge in [0.15, 0.2) is 0 Å². The van der Waals surface area contributed by atoms with E-state index < -0.39 is 5.97 Å². The number of carbonyl (C=O) groups is 2. The van der Waals surface area contributed by atoms with Crippen LogP contribution in [0, 0.1) is 5.41 Å². The lowest BCUT2D eigenvalue weighted by Gasteiger charge is -2.18. The van der Waals surface area contributed by atoms with Gasteiger partial charge in [0.05, 0.1) is 5.56 Å². The zero-order valence-corrected chi connectivity index (χ0v) is 12.4. The molecule has 0 unspecified atom stereocenters. The monoisotopic (exact) mass is 277 g/mol. The van der Waals surface area contributed by atoms with Crippen LogP contribution in [0.3, 0.4) is 0 Å². The van der Waals surface area contributed by atoms with Crippen molar-refractivity contribution >= 4 is 11.9 Å². The lowest BCUT2D eigenvalue weighted by Crippen LogP contribution is -2.27. The standard InChI is InChI=1S/C16H23NO3/c1-16(2,3)10-11-17-14(18)9-8-12-6-4-5-7-13(12)15(19)20/h4-7H,8-11H2,1-3H3,(H,17,18)(H,19,20). The van der Waals surface area contributed by atoms with Gasteiger partial charge < -0.3 is 10.4 Å². The molecule has 0 atom stereocenters. The van der Waals surface area contributed by atoms with Crippen LogP contribution in [0.1, 0.15) is 49.5 Å². The van der Waals surface area contributed by atoms with Crippen LogP contribution in [0.4, 0.5) is 0 Å². The summed E-state index contributed by atoms with van der Waals surface area (Å²) in [5.74, 6) is -0.983. The van der Waals surface area contributed by atoms with E-state index in [-0.39, 0.29) is 16.9 Å². The van der Waals surface area contributed by atoms with Crippen molar-refractivity contribution < 1.29 is 14.7 Å². The molecule has 2 N–H and O–H groups in total. The Morgan fingerprint density at radius 3 is 2.45 bits per heavy atom. The van der Waals surface area contributed by atoms with Crippen molar-refractivity contribution in [2.24, 2.45) is 5.41 Å². The third kappa shape index (κ3) is 5.87. The van der Waals surface area contributed by atoms with Crippen LogP contribution in [0.2, 0.25) is 0 Å². The molecule has 110 valence electrons. The van der Waals surface area contributed by atoms with Crippen molar-refractivity contribution in [2.75, 3.05) is 6.54 Å². The Hall–Kier alpha value is -1.84. The van der Waals surface area contributed by atoms with Gasteiger partial charge in [-0.1, -0.05) is 39.0 Å². The Balaban J connectivity index is 2.44. The highest BCUT2D eigenvalue weighted by molar-refractivity contribution is 5.89. The molecule has 0 fully saturated rings. The molecule has 0 aliphatic heterocycles. The molecule has 0 heterocycles. The molecule has 0 saturated heterocycles. The van der Waals surface area contributed by atoms with Crippen LogP contribution in [0.25, 0.3) is 0 Å². The lowest BCUT2D eigenvalue weighted by atomic mass is 9.92. The normalized spacial score (nSPS) is 11.2. The maximum absolute atomic E-state index is 11.7. The van der Waals surface area contributed by atoms with Crippen LogP contribution >= 0.6 is 0 Å². The molecular formula is C16H23NO3. The summed E-state index contributed by atoms with van der Waals surface area (Å²) < 4.78 is 0. The predicted octanol–water partition coefficient (Wildman–Crippen LogP) is 2.87. The van der Waals surface area contributed by atoms with Gasteiger partial charge in [-0.3, -0.25) is 4.79 Å². The van der Waals surface area contributed by atoms with Gasteiger partial charge in [-0.05, 0) is 29.9 Å². The fraction of sp³-hybridized carbons (Fsp3) is 0.500. The topological polar surface area (TPSA) is 66.4 Å². The van der Waals surface area contributed by atoms with E-state index in [1.165, 1.54) is 0 Å². The molecule has 1 rings (SSSR count). The van der Waals surface area contributed by atoms with Crippen molar-refractivity contribution in [3.8, 4) is 0 Å². The fourth-order valence-electron chi connectivity index (χ4n) is 1.86. The first-order valence-corrected chi connectivity index (χ1v) is 6.87. The van der Waals surface area contributed by atoms with E-state index in [0.717, 1.165) is 6.42 Å². The highest BCUT2D eigenvalue weighted by atomic mass is 16.4. The molecule has 0 bridgehead atoms. The van der Waals surface area contributed by atoms with Gasteiger partial charge in [-0.25, -0.2) is 4.79 Å². The summed E-state index contributed by atoms with van der Waals surface area (Å²) in [5.41, 5.74) is 1.17. The number of benzene rings is 1. The average Bonchev–Trinajstić information content (AvgIpc) is 2.35. The van der Waals surface area contributed by atoms with Crippen LogP contribution in [0.15, 0.2) is 24.3 Å². The van der Waals surface area contributed by atoms with E-state index in [1.54, 1.807) is 24.3 Å². The van der Waals surface area contributed by atoms with Gasteiger partial charge in [-0.15, -0.1) is 0 Å². The fourth-order valence-corrected chi connectivity index (χ4v) is 1.86. The Morgan fingerprint density at radius 2 is 1.85 bits per heavy atom.